The number of aromatic nitrogens is 2. The molecule has 1 saturated heterocycles. The van der Waals surface area contributed by atoms with Crippen LogP contribution in [0.15, 0.2) is 60.9 Å². The molecule has 1 aliphatic rings. The van der Waals surface area contributed by atoms with Gasteiger partial charge < -0.3 is 20.1 Å². The normalized spacial score (nSPS) is 13.8. The van der Waals surface area contributed by atoms with Crippen LogP contribution in [0.3, 0.4) is 0 Å². The summed E-state index contributed by atoms with van der Waals surface area (Å²) in [5, 5.41) is 10.1. The van der Waals surface area contributed by atoms with Crippen molar-refractivity contribution in [3.05, 3.63) is 77.6 Å². The highest BCUT2D eigenvalue weighted by Gasteiger charge is 2.22. The van der Waals surface area contributed by atoms with Gasteiger partial charge in [0, 0.05) is 31.2 Å². The van der Waals surface area contributed by atoms with E-state index in [-0.39, 0.29) is 17.7 Å². The SMILES string of the molecule is COC(=O)c1ccc(CNC(=O)c2ccc(-n3cc(NC(=O)C4CCOCC4)cn3)cc2)cc1. The van der Waals surface area contributed by atoms with E-state index in [9.17, 15) is 14.4 Å². The number of benzene rings is 2. The molecule has 34 heavy (non-hydrogen) atoms. The van der Waals surface area contributed by atoms with Gasteiger partial charge in [-0.2, -0.15) is 5.10 Å². The summed E-state index contributed by atoms with van der Waals surface area (Å²) >= 11 is 0. The van der Waals surface area contributed by atoms with E-state index in [0.717, 1.165) is 24.1 Å². The fraction of sp³-hybridized carbons (Fsp3) is 0.280. The van der Waals surface area contributed by atoms with E-state index in [1.165, 1.54) is 7.11 Å². The second-order valence-electron chi connectivity index (χ2n) is 7.97. The second-order valence-corrected chi connectivity index (χ2v) is 7.97. The third kappa shape index (κ3) is 5.68. The fourth-order valence-electron chi connectivity index (χ4n) is 3.66. The molecule has 0 aliphatic carbocycles. The zero-order chi connectivity index (χ0) is 23.9. The Morgan fingerprint density at radius 1 is 1.03 bits per heavy atom. The number of carbonyl (C=O) groups is 3. The molecule has 2 aromatic carbocycles. The standard InChI is InChI=1S/C25H26N4O5/c1-33-25(32)20-4-2-17(3-5-20)14-26-23(30)18-6-8-22(9-7-18)29-16-21(15-27-29)28-24(31)19-10-12-34-13-11-19/h2-9,15-16,19H,10-14H2,1H3,(H,26,30)(H,28,31). The van der Waals surface area contributed by atoms with Crippen molar-refractivity contribution in [1.29, 1.82) is 0 Å². The Balaban J connectivity index is 1.31. The van der Waals surface area contributed by atoms with Crippen molar-refractivity contribution in [2.75, 3.05) is 25.6 Å². The van der Waals surface area contributed by atoms with Crippen LogP contribution in [0.2, 0.25) is 0 Å². The Kier molecular flexibility index (Phi) is 7.34. The Morgan fingerprint density at radius 2 is 1.71 bits per heavy atom. The van der Waals surface area contributed by atoms with Gasteiger partial charge in [-0.05, 0) is 54.8 Å². The number of carbonyl (C=O) groups excluding carboxylic acids is 3. The zero-order valence-electron chi connectivity index (χ0n) is 18.8. The molecule has 2 heterocycles. The van der Waals surface area contributed by atoms with Gasteiger partial charge in [0.2, 0.25) is 5.91 Å². The van der Waals surface area contributed by atoms with Crippen molar-refractivity contribution in [2.45, 2.75) is 19.4 Å². The lowest BCUT2D eigenvalue weighted by Crippen LogP contribution is -2.28. The molecule has 0 saturated carbocycles. The van der Waals surface area contributed by atoms with E-state index >= 15 is 0 Å². The van der Waals surface area contributed by atoms with Gasteiger partial charge in [-0.1, -0.05) is 12.1 Å². The topological polar surface area (TPSA) is 112 Å². The molecule has 1 fully saturated rings. The fourth-order valence-corrected chi connectivity index (χ4v) is 3.66. The molecule has 0 atom stereocenters. The molecule has 4 rings (SSSR count). The summed E-state index contributed by atoms with van der Waals surface area (Å²) in [5.41, 5.74) is 3.22. The molecule has 0 unspecified atom stereocenters. The van der Waals surface area contributed by atoms with Gasteiger partial charge in [-0.15, -0.1) is 0 Å². The molecule has 1 aromatic heterocycles. The number of ether oxygens (including phenoxy) is 2. The Labute approximate surface area is 197 Å². The van der Waals surface area contributed by atoms with Crippen molar-refractivity contribution in [3.63, 3.8) is 0 Å². The summed E-state index contributed by atoms with van der Waals surface area (Å²) < 4.78 is 11.6. The highest BCUT2D eigenvalue weighted by atomic mass is 16.5. The van der Waals surface area contributed by atoms with E-state index in [1.807, 2.05) is 0 Å². The first-order chi connectivity index (χ1) is 16.5. The first-order valence-corrected chi connectivity index (χ1v) is 11.0. The Morgan fingerprint density at radius 3 is 2.38 bits per heavy atom. The van der Waals surface area contributed by atoms with Crippen LogP contribution < -0.4 is 10.6 Å². The number of amides is 2. The molecular weight excluding hydrogens is 436 g/mol. The average Bonchev–Trinajstić information content (AvgIpc) is 3.36. The molecule has 2 N–H and O–H groups in total. The van der Waals surface area contributed by atoms with Crippen LogP contribution in [-0.4, -0.2) is 47.9 Å². The lowest BCUT2D eigenvalue weighted by Gasteiger charge is -2.20. The minimum Gasteiger partial charge on any atom is -0.465 e. The maximum atomic E-state index is 12.5. The molecular formula is C25H26N4O5. The van der Waals surface area contributed by atoms with E-state index in [1.54, 1.807) is 65.6 Å². The monoisotopic (exact) mass is 462 g/mol. The number of methoxy groups -OCH3 is 1. The largest absolute Gasteiger partial charge is 0.465 e. The van der Waals surface area contributed by atoms with Crippen LogP contribution >= 0.6 is 0 Å². The molecule has 0 bridgehead atoms. The molecule has 9 nitrogen and oxygen atoms in total. The van der Waals surface area contributed by atoms with Gasteiger partial charge in [0.25, 0.3) is 5.91 Å². The second kappa shape index (κ2) is 10.8. The first kappa shape index (κ1) is 23.2. The summed E-state index contributed by atoms with van der Waals surface area (Å²) in [7, 11) is 1.33. The molecule has 1 aliphatic heterocycles. The molecule has 0 radical (unpaired) electrons. The maximum absolute atomic E-state index is 12.5. The number of hydrogen-bond acceptors (Lipinski definition) is 6. The van der Waals surface area contributed by atoms with Crippen molar-refractivity contribution in [2.24, 2.45) is 5.92 Å². The summed E-state index contributed by atoms with van der Waals surface area (Å²) in [6.07, 6.45) is 4.79. The Bertz CT molecular complexity index is 1150. The summed E-state index contributed by atoms with van der Waals surface area (Å²) in [5.74, 6) is -0.675. The molecule has 2 amide bonds. The molecule has 0 spiro atoms. The number of nitrogens with zero attached hydrogens (tertiary/aromatic N) is 2. The third-order valence-electron chi connectivity index (χ3n) is 5.66. The predicted octanol–water partition coefficient (Wildman–Crippen LogP) is 2.95. The van der Waals surface area contributed by atoms with Gasteiger partial charge in [-0.25, -0.2) is 9.48 Å². The number of nitrogens with one attached hydrogen (secondary N) is 2. The summed E-state index contributed by atoms with van der Waals surface area (Å²) in [4.78, 5) is 36.4. The van der Waals surface area contributed by atoms with Crippen LogP contribution in [0.25, 0.3) is 5.69 Å². The Hall–Kier alpha value is -3.98. The zero-order valence-corrected chi connectivity index (χ0v) is 18.8. The van der Waals surface area contributed by atoms with E-state index < -0.39 is 5.97 Å². The van der Waals surface area contributed by atoms with Crippen molar-refractivity contribution in [3.8, 4) is 5.69 Å². The lowest BCUT2D eigenvalue weighted by atomic mass is 9.99. The van der Waals surface area contributed by atoms with Crippen molar-refractivity contribution < 1.29 is 23.9 Å². The van der Waals surface area contributed by atoms with Gasteiger partial charge in [-0.3, -0.25) is 9.59 Å². The van der Waals surface area contributed by atoms with Crippen LogP contribution in [-0.2, 0) is 20.8 Å². The van der Waals surface area contributed by atoms with Crippen LogP contribution in [0.4, 0.5) is 5.69 Å². The van der Waals surface area contributed by atoms with Crippen molar-refractivity contribution >= 4 is 23.5 Å². The van der Waals surface area contributed by atoms with Crippen LogP contribution in [0.5, 0.6) is 0 Å². The predicted molar refractivity (Wildman–Crippen MR) is 125 cm³/mol. The van der Waals surface area contributed by atoms with Gasteiger partial charge in [0.1, 0.15) is 0 Å². The van der Waals surface area contributed by atoms with E-state index in [4.69, 9.17) is 4.74 Å². The quantitative estimate of drug-likeness (QED) is 0.522. The van der Waals surface area contributed by atoms with Gasteiger partial charge in [0.15, 0.2) is 0 Å². The van der Waals surface area contributed by atoms with Gasteiger partial charge >= 0.3 is 5.97 Å². The average molecular weight is 463 g/mol. The van der Waals surface area contributed by atoms with Gasteiger partial charge in [0.05, 0.1) is 36.4 Å². The first-order valence-electron chi connectivity index (χ1n) is 11.0. The summed E-state index contributed by atoms with van der Waals surface area (Å²) in [6.45, 7) is 1.55. The van der Waals surface area contributed by atoms with E-state index in [2.05, 4.69) is 20.5 Å². The van der Waals surface area contributed by atoms with Crippen molar-refractivity contribution in [1.82, 2.24) is 15.1 Å². The third-order valence-corrected chi connectivity index (χ3v) is 5.66. The minimum absolute atomic E-state index is 0.0187. The molecule has 3 aromatic rings. The highest BCUT2D eigenvalue weighted by molar-refractivity contribution is 5.94. The number of rotatable bonds is 7. The number of anilines is 1. The molecule has 9 heteroatoms. The maximum Gasteiger partial charge on any atom is 0.337 e. The smallest absolute Gasteiger partial charge is 0.337 e. The van der Waals surface area contributed by atoms with E-state index in [0.29, 0.717) is 36.6 Å². The summed E-state index contributed by atoms with van der Waals surface area (Å²) in [6, 6.07) is 13.9. The van der Waals surface area contributed by atoms with Crippen LogP contribution in [0, 0.1) is 5.92 Å². The molecule has 176 valence electrons. The van der Waals surface area contributed by atoms with Crippen LogP contribution in [0.1, 0.15) is 39.1 Å². The number of esters is 1. The lowest BCUT2D eigenvalue weighted by molar-refractivity contribution is -0.122. The number of hydrogen-bond donors (Lipinski definition) is 2. The highest BCUT2D eigenvalue weighted by Crippen LogP contribution is 2.18. The minimum atomic E-state index is -0.401.